The van der Waals surface area contributed by atoms with Gasteiger partial charge in [-0.15, -0.1) is 0 Å². The molecule has 3 nitrogen and oxygen atoms in total. The molecule has 1 unspecified atom stereocenters. The molecule has 0 radical (unpaired) electrons. The number of benzene rings is 1. The van der Waals surface area contributed by atoms with Crippen LogP contribution in [-0.4, -0.2) is 17.6 Å². The monoisotopic (exact) mass is 273 g/mol. The first-order valence-corrected chi connectivity index (χ1v) is 6.90. The van der Waals surface area contributed by atoms with Gasteiger partial charge in [-0.05, 0) is 24.0 Å². The molecular weight excluding hydrogens is 250 g/mol. The Morgan fingerprint density at radius 2 is 1.85 bits per heavy atom. The Labute approximate surface area is 120 Å². The summed E-state index contributed by atoms with van der Waals surface area (Å²) in [6.45, 7) is 8.31. The highest BCUT2D eigenvalue weighted by Crippen LogP contribution is 2.40. The predicted molar refractivity (Wildman–Crippen MR) is 81.9 cm³/mol. The topological polar surface area (TPSA) is 31.2 Å². The van der Waals surface area contributed by atoms with Crippen LogP contribution in [0.1, 0.15) is 37.9 Å². The molecule has 0 saturated carbocycles. The van der Waals surface area contributed by atoms with Gasteiger partial charge in [-0.3, -0.25) is 4.79 Å². The molecule has 0 aliphatic carbocycles. The van der Waals surface area contributed by atoms with Crippen molar-refractivity contribution >= 4 is 16.9 Å². The van der Waals surface area contributed by atoms with Crippen LogP contribution in [0.25, 0.3) is 10.9 Å². The molecule has 0 amide bonds. The first kappa shape index (κ1) is 14.6. The molecule has 0 aliphatic rings. The number of esters is 1. The fourth-order valence-corrected chi connectivity index (χ4v) is 3.01. The molecule has 0 bridgehead atoms. The van der Waals surface area contributed by atoms with Crippen molar-refractivity contribution < 1.29 is 9.53 Å². The number of hydrogen-bond donors (Lipinski definition) is 0. The lowest BCUT2D eigenvalue weighted by Crippen LogP contribution is -2.29. The van der Waals surface area contributed by atoms with E-state index in [2.05, 4.69) is 44.4 Å². The van der Waals surface area contributed by atoms with E-state index in [-0.39, 0.29) is 17.3 Å². The van der Waals surface area contributed by atoms with Crippen molar-refractivity contribution in [1.29, 1.82) is 0 Å². The Morgan fingerprint density at radius 3 is 2.35 bits per heavy atom. The SMILES string of the molecule is COC(=O)C(c1c(C)c2ccccc2n1C)C(C)(C)C. The zero-order valence-electron chi connectivity index (χ0n) is 13.2. The number of ether oxygens (including phenoxy) is 1. The molecule has 2 aromatic rings. The van der Waals surface area contributed by atoms with E-state index in [1.165, 1.54) is 12.5 Å². The van der Waals surface area contributed by atoms with E-state index in [0.29, 0.717) is 0 Å². The molecule has 0 fully saturated rings. The largest absolute Gasteiger partial charge is 0.468 e. The Bertz CT molecular complexity index is 608. The maximum absolute atomic E-state index is 12.3. The summed E-state index contributed by atoms with van der Waals surface area (Å²) < 4.78 is 7.17. The van der Waals surface area contributed by atoms with Gasteiger partial charge in [-0.1, -0.05) is 39.0 Å². The Hall–Kier alpha value is -1.77. The van der Waals surface area contributed by atoms with Crippen LogP contribution < -0.4 is 0 Å². The van der Waals surface area contributed by atoms with Gasteiger partial charge in [0, 0.05) is 23.6 Å². The molecule has 1 aromatic heterocycles. The smallest absolute Gasteiger partial charge is 0.315 e. The van der Waals surface area contributed by atoms with E-state index < -0.39 is 0 Å². The number of aromatic nitrogens is 1. The highest BCUT2D eigenvalue weighted by Gasteiger charge is 2.37. The second-order valence-electron chi connectivity index (χ2n) is 6.41. The van der Waals surface area contributed by atoms with Crippen LogP contribution in [-0.2, 0) is 16.6 Å². The van der Waals surface area contributed by atoms with E-state index >= 15 is 0 Å². The summed E-state index contributed by atoms with van der Waals surface area (Å²) in [5.74, 6) is -0.448. The molecule has 1 heterocycles. The maximum atomic E-state index is 12.3. The molecule has 0 aliphatic heterocycles. The lowest BCUT2D eigenvalue weighted by molar-refractivity contribution is -0.145. The Balaban J connectivity index is 2.75. The van der Waals surface area contributed by atoms with Gasteiger partial charge in [0.1, 0.15) is 5.92 Å². The van der Waals surface area contributed by atoms with Gasteiger partial charge in [-0.25, -0.2) is 0 Å². The van der Waals surface area contributed by atoms with Gasteiger partial charge < -0.3 is 9.30 Å². The second-order valence-corrected chi connectivity index (χ2v) is 6.41. The summed E-state index contributed by atoms with van der Waals surface area (Å²) in [4.78, 5) is 12.3. The van der Waals surface area contributed by atoms with Crippen LogP contribution in [0, 0.1) is 12.3 Å². The third-order valence-corrected chi connectivity index (χ3v) is 3.99. The van der Waals surface area contributed by atoms with Crippen molar-refractivity contribution in [3.05, 3.63) is 35.5 Å². The fourth-order valence-electron chi connectivity index (χ4n) is 3.01. The zero-order valence-corrected chi connectivity index (χ0v) is 13.2. The van der Waals surface area contributed by atoms with Crippen molar-refractivity contribution in [2.45, 2.75) is 33.6 Å². The van der Waals surface area contributed by atoms with Crippen molar-refractivity contribution in [3.8, 4) is 0 Å². The fraction of sp³-hybridized carbons (Fsp3) is 0.471. The number of carbonyl (C=O) groups is 1. The first-order chi connectivity index (χ1) is 9.29. The number of fused-ring (bicyclic) bond motifs is 1. The number of methoxy groups -OCH3 is 1. The average Bonchev–Trinajstić information content (AvgIpc) is 2.63. The van der Waals surface area contributed by atoms with E-state index in [4.69, 9.17) is 4.74 Å². The quantitative estimate of drug-likeness (QED) is 0.780. The number of rotatable bonds is 2. The highest BCUT2D eigenvalue weighted by molar-refractivity contribution is 5.89. The molecular formula is C17H23NO2. The second kappa shape index (κ2) is 4.97. The van der Waals surface area contributed by atoms with E-state index in [0.717, 1.165) is 16.8 Å². The van der Waals surface area contributed by atoms with Gasteiger partial charge in [0.2, 0.25) is 0 Å². The Morgan fingerprint density at radius 1 is 1.25 bits per heavy atom. The minimum absolute atomic E-state index is 0.175. The zero-order chi connectivity index (χ0) is 15.1. The molecule has 2 rings (SSSR count). The summed E-state index contributed by atoms with van der Waals surface area (Å²) >= 11 is 0. The number of carbonyl (C=O) groups excluding carboxylic acids is 1. The van der Waals surface area contributed by atoms with Crippen molar-refractivity contribution in [3.63, 3.8) is 0 Å². The minimum atomic E-state index is -0.273. The predicted octanol–water partition coefficient (Wildman–Crippen LogP) is 3.79. The van der Waals surface area contributed by atoms with Crippen LogP contribution in [0.3, 0.4) is 0 Å². The number of aryl methyl sites for hydroxylation is 2. The molecule has 0 saturated heterocycles. The number of hydrogen-bond acceptors (Lipinski definition) is 2. The molecule has 1 aromatic carbocycles. The van der Waals surface area contributed by atoms with Crippen molar-refractivity contribution in [2.24, 2.45) is 12.5 Å². The standard InChI is InChI=1S/C17H23NO2/c1-11-12-9-7-8-10-13(12)18(5)15(11)14(16(19)20-6)17(2,3)4/h7-10,14H,1-6H3. The minimum Gasteiger partial charge on any atom is -0.468 e. The first-order valence-electron chi connectivity index (χ1n) is 6.90. The molecule has 20 heavy (non-hydrogen) atoms. The van der Waals surface area contributed by atoms with Gasteiger partial charge in [0.25, 0.3) is 0 Å². The van der Waals surface area contributed by atoms with E-state index in [1.807, 2.05) is 19.2 Å². The van der Waals surface area contributed by atoms with Crippen molar-refractivity contribution in [1.82, 2.24) is 4.57 Å². The van der Waals surface area contributed by atoms with Crippen LogP contribution in [0.15, 0.2) is 24.3 Å². The number of nitrogens with zero attached hydrogens (tertiary/aromatic N) is 1. The third kappa shape index (κ3) is 2.21. The van der Waals surface area contributed by atoms with Crippen molar-refractivity contribution in [2.75, 3.05) is 7.11 Å². The van der Waals surface area contributed by atoms with Crippen LogP contribution in [0.5, 0.6) is 0 Å². The summed E-state index contributed by atoms with van der Waals surface area (Å²) in [6, 6.07) is 8.24. The van der Waals surface area contributed by atoms with Gasteiger partial charge in [-0.2, -0.15) is 0 Å². The average molecular weight is 273 g/mol. The molecule has 3 heteroatoms. The normalized spacial score (nSPS) is 13.5. The van der Waals surface area contributed by atoms with E-state index in [9.17, 15) is 4.79 Å². The van der Waals surface area contributed by atoms with Crippen LogP contribution >= 0.6 is 0 Å². The van der Waals surface area contributed by atoms with Gasteiger partial charge in [0.05, 0.1) is 7.11 Å². The molecule has 108 valence electrons. The lowest BCUT2D eigenvalue weighted by atomic mass is 9.77. The van der Waals surface area contributed by atoms with E-state index in [1.54, 1.807) is 0 Å². The summed E-state index contributed by atoms with van der Waals surface area (Å²) in [6.07, 6.45) is 0. The maximum Gasteiger partial charge on any atom is 0.315 e. The molecule has 0 N–H and O–H groups in total. The number of para-hydroxylation sites is 1. The van der Waals surface area contributed by atoms with Crippen LogP contribution in [0.4, 0.5) is 0 Å². The Kier molecular flexibility index (Phi) is 3.63. The summed E-state index contributed by atoms with van der Waals surface area (Å²) in [5, 5.41) is 1.20. The third-order valence-electron chi connectivity index (χ3n) is 3.99. The summed E-state index contributed by atoms with van der Waals surface area (Å²) in [7, 11) is 3.48. The lowest BCUT2D eigenvalue weighted by Gasteiger charge is -2.29. The summed E-state index contributed by atoms with van der Waals surface area (Å²) in [5.41, 5.74) is 3.16. The van der Waals surface area contributed by atoms with Gasteiger partial charge in [0.15, 0.2) is 0 Å². The molecule has 0 spiro atoms. The van der Waals surface area contributed by atoms with Gasteiger partial charge >= 0.3 is 5.97 Å². The van der Waals surface area contributed by atoms with Crippen LogP contribution in [0.2, 0.25) is 0 Å². The highest BCUT2D eigenvalue weighted by atomic mass is 16.5. The molecule has 1 atom stereocenters.